The largest absolute Gasteiger partial charge is 0.342 e. The fourth-order valence-electron chi connectivity index (χ4n) is 2.71. The summed E-state index contributed by atoms with van der Waals surface area (Å²) >= 11 is 1.21. The van der Waals surface area contributed by atoms with E-state index in [4.69, 9.17) is 0 Å². The van der Waals surface area contributed by atoms with Gasteiger partial charge in [0.1, 0.15) is 15.7 Å². The molecule has 0 atom stereocenters. The Morgan fingerprint density at radius 3 is 2.54 bits per heavy atom. The zero-order valence-electron chi connectivity index (χ0n) is 15.6. The molecule has 7 heteroatoms. The second-order valence-corrected chi connectivity index (χ2v) is 7.18. The van der Waals surface area contributed by atoms with Crippen LogP contribution in [0.15, 0.2) is 48.5 Å². The number of halogens is 1. The molecule has 1 heterocycles. The molecule has 0 unspecified atom stereocenters. The van der Waals surface area contributed by atoms with Crippen molar-refractivity contribution in [3.63, 3.8) is 0 Å². The van der Waals surface area contributed by atoms with Gasteiger partial charge in [-0.2, -0.15) is 0 Å². The van der Waals surface area contributed by atoms with Crippen molar-refractivity contribution in [3.8, 4) is 10.6 Å². The zero-order chi connectivity index (χ0) is 20.1. The lowest BCUT2D eigenvalue weighted by molar-refractivity contribution is -0.115. The topological polar surface area (TPSA) is 71.1 Å². The van der Waals surface area contributed by atoms with Crippen LogP contribution in [0.4, 0.5) is 10.1 Å². The first-order chi connectivity index (χ1) is 13.5. The highest BCUT2D eigenvalue weighted by Gasteiger charge is 2.17. The van der Waals surface area contributed by atoms with Crippen molar-refractivity contribution in [2.75, 3.05) is 11.9 Å². The first-order valence-electron chi connectivity index (χ1n) is 8.87. The summed E-state index contributed by atoms with van der Waals surface area (Å²) in [6.07, 6.45) is 0.801. The van der Waals surface area contributed by atoms with Gasteiger partial charge in [-0.3, -0.25) is 9.59 Å². The number of aryl methyl sites for hydroxylation is 2. The molecule has 0 bridgehead atoms. The number of hydrogen-bond acceptors (Lipinski definition) is 4. The predicted molar refractivity (Wildman–Crippen MR) is 109 cm³/mol. The Balaban J connectivity index is 1.63. The molecule has 0 aliphatic rings. The minimum atomic E-state index is -0.359. The first-order valence-corrected chi connectivity index (χ1v) is 9.69. The molecule has 2 aromatic carbocycles. The number of amides is 2. The highest BCUT2D eigenvalue weighted by atomic mass is 32.1. The van der Waals surface area contributed by atoms with E-state index in [2.05, 4.69) is 15.6 Å². The number of nitrogens with zero attached hydrogens (tertiary/aromatic N) is 1. The lowest BCUT2D eigenvalue weighted by Crippen LogP contribution is -2.33. The van der Waals surface area contributed by atoms with Gasteiger partial charge in [-0.15, -0.1) is 11.3 Å². The SMILES string of the molecule is CCc1ccccc1NC(=O)CNC(=O)c1sc(-c2ccc(F)cc2)nc1C. The van der Waals surface area contributed by atoms with Crippen molar-refractivity contribution in [1.82, 2.24) is 10.3 Å². The van der Waals surface area contributed by atoms with E-state index in [1.165, 1.54) is 23.5 Å². The Morgan fingerprint density at radius 1 is 1.11 bits per heavy atom. The van der Waals surface area contributed by atoms with E-state index >= 15 is 0 Å². The van der Waals surface area contributed by atoms with E-state index < -0.39 is 0 Å². The van der Waals surface area contributed by atoms with Crippen molar-refractivity contribution in [2.24, 2.45) is 0 Å². The van der Waals surface area contributed by atoms with E-state index in [9.17, 15) is 14.0 Å². The summed E-state index contributed by atoms with van der Waals surface area (Å²) in [5.41, 5.74) is 3.09. The second kappa shape index (κ2) is 8.75. The summed E-state index contributed by atoms with van der Waals surface area (Å²) in [5, 5.41) is 6.08. The van der Waals surface area contributed by atoms with Gasteiger partial charge in [0.15, 0.2) is 0 Å². The van der Waals surface area contributed by atoms with Crippen molar-refractivity contribution >= 4 is 28.8 Å². The molecule has 0 spiro atoms. The van der Waals surface area contributed by atoms with Gasteiger partial charge in [-0.1, -0.05) is 25.1 Å². The molecule has 0 radical (unpaired) electrons. The van der Waals surface area contributed by atoms with Gasteiger partial charge in [-0.05, 0) is 49.2 Å². The summed E-state index contributed by atoms with van der Waals surface area (Å²) in [7, 11) is 0. The van der Waals surface area contributed by atoms with Crippen LogP contribution in [0.2, 0.25) is 0 Å². The quantitative estimate of drug-likeness (QED) is 0.655. The van der Waals surface area contributed by atoms with E-state index in [-0.39, 0.29) is 24.2 Å². The maximum absolute atomic E-state index is 13.1. The summed E-state index contributed by atoms with van der Waals surface area (Å²) in [4.78, 5) is 29.5. The number of nitrogens with one attached hydrogen (secondary N) is 2. The Morgan fingerprint density at radius 2 is 1.82 bits per heavy atom. The molecule has 2 N–H and O–H groups in total. The van der Waals surface area contributed by atoms with Crippen LogP contribution >= 0.6 is 11.3 Å². The molecule has 0 aliphatic carbocycles. The van der Waals surface area contributed by atoms with Crippen LogP contribution in [0.25, 0.3) is 10.6 Å². The minimum absolute atomic E-state index is 0.139. The summed E-state index contributed by atoms with van der Waals surface area (Å²) in [5.74, 6) is -0.983. The smallest absolute Gasteiger partial charge is 0.263 e. The number of thiazole rings is 1. The molecular weight excluding hydrogens is 377 g/mol. The van der Waals surface area contributed by atoms with E-state index in [0.29, 0.717) is 15.6 Å². The predicted octanol–water partition coefficient (Wildman–Crippen LogP) is 4.19. The average molecular weight is 397 g/mol. The van der Waals surface area contributed by atoms with Gasteiger partial charge in [0, 0.05) is 11.3 Å². The van der Waals surface area contributed by atoms with Gasteiger partial charge in [0.25, 0.3) is 5.91 Å². The third-order valence-electron chi connectivity index (χ3n) is 4.18. The normalized spacial score (nSPS) is 10.5. The lowest BCUT2D eigenvalue weighted by atomic mass is 10.1. The number of benzene rings is 2. The highest BCUT2D eigenvalue weighted by molar-refractivity contribution is 7.17. The van der Waals surface area contributed by atoms with Crippen molar-refractivity contribution in [3.05, 3.63) is 70.5 Å². The monoisotopic (exact) mass is 397 g/mol. The third-order valence-corrected chi connectivity index (χ3v) is 5.38. The van der Waals surface area contributed by atoms with Crippen LogP contribution in [0, 0.1) is 12.7 Å². The van der Waals surface area contributed by atoms with E-state index in [1.54, 1.807) is 19.1 Å². The number of rotatable bonds is 6. The average Bonchev–Trinajstić information content (AvgIpc) is 3.09. The molecule has 0 aliphatic heterocycles. The summed E-state index contributed by atoms with van der Waals surface area (Å²) in [6.45, 7) is 3.61. The lowest BCUT2D eigenvalue weighted by Gasteiger charge is -2.10. The van der Waals surface area contributed by atoms with Gasteiger partial charge in [0.2, 0.25) is 5.91 Å². The Labute approximate surface area is 166 Å². The van der Waals surface area contributed by atoms with Crippen LogP contribution in [-0.4, -0.2) is 23.3 Å². The number of aromatic nitrogens is 1. The maximum atomic E-state index is 13.1. The minimum Gasteiger partial charge on any atom is -0.342 e. The molecule has 5 nitrogen and oxygen atoms in total. The van der Waals surface area contributed by atoms with Crippen LogP contribution < -0.4 is 10.6 Å². The van der Waals surface area contributed by atoms with Gasteiger partial charge in [-0.25, -0.2) is 9.37 Å². The van der Waals surface area contributed by atoms with Gasteiger partial charge in [0.05, 0.1) is 12.2 Å². The standard InChI is InChI=1S/C21H20FN3O2S/c1-3-14-6-4-5-7-17(14)25-18(26)12-23-20(27)19-13(2)24-21(28-19)15-8-10-16(22)11-9-15/h4-11H,3,12H2,1-2H3,(H,23,27)(H,25,26). The third kappa shape index (κ3) is 4.61. The van der Waals surface area contributed by atoms with Gasteiger partial charge >= 0.3 is 0 Å². The number of hydrogen-bond donors (Lipinski definition) is 2. The Hall–Kier alpha value is -3.06. The first kappa shape index (κ1) is 19.7. The second-order valence-electron chi connectivity index (χ2n) is 6.18. The molecule has 28 heavy (non-hydrogen) atoms. The molecule has 3 aromatic rings. The molecule has 1 aromatic heterocycles. The summed E-state index contributed by atoms with van der Waals surface area (Å²) < 4.78 is 13.1. The van der Waals surface area contributed by atoms with E-state index in [0.717, 1.165) is 23.2 Å². The van der Waals surface area contributed by atoms with Gasteiger partial charge < -0.3 is 10.6 Å². The maximum Gasteiger partial charge on any atom is 0.263 e. The highest BCUT2D eigenvalue weighted by Crippen LogP contribution is 2.28. The van der Waals surface area contributed by atoms with Crippen LogP contribution in [-0.2, 0) is 11.2 Å². The molecule has 0 saturated heterocycles. The van der Waals surface area contributed by atoms with Crippen molar-refractivity contribution in [2.45, 2.75) is 20.3 Å². The molecule has 0 fully saturated rings. The van der Waals surface area contributed by atoms with Crippen molar-refractivity contribution < 1.29 is 14.0 Å². The fourth-order valence-corrected chi connectivity index (χ4v) is 3.70. The molecule has 2 amide bonds. The molecule has 0 saturated carbocycles. The Bertz CT molecular complexity index is 999. The van der Waals surface area contributed by atoms with Crippen molar-refractivity contribution in [1.29, 1.82) is 0 Å². The van der Waals surface area contributed by atoms with E-state index in [1.807, 2.05) is 31.2 Å². The number of para-hydroxylation sites is 1. The van der Waals surface area contributed by atoms with Crippen LogP contribution in [0.1, 0.15) is 27.9 Å². The number of carbonyl (C=O) groups excluding carboxylic acids is 2. The van der Waals surface area contributed by atoms with Crippen LogP contribution in [0.5, 0.6) is 0 Å². The Kier molecular flexibility index (Phi) is 6.16. The fraction of sp³-hybridized carbons (Fsp3) is 0.190. The summed E-state index contributed by atoms with van der Waals surface area (Å²) in [6, 6.07) is 13.5. The molecule has 3 rings (SSSR count). The molecule has 144 valence electrons. The number of anilines is 1. The number of carbonyl (C=O) groups is 2. The zero-order valence-corrected chi connectivity index (χ0v) is 16.4. The molecular formula is C21H20FN3O2S. The van der Waals surface area contributed by atoms with Crippen LogP contribution in [0.3, 0.4) is 0 Å².